The van der Waals surface area contributed by atoms with Crippen LogP contribution in [0, 0.1) is 11.3 Å². The molecule has 0 N–H and O–H groups in total. The summed E-state index contributed by atoms with van der Waals surface area (Å²) in [6, 6.07) is 17.2. The van der Waals surface area contributed by atoms with Gasteiger partial charge in [-0.15, -0.1) is 0 Å². The fourth-order valence-corrected chi connectivity index (χ4v) is 2.35. The van der Waals surface area contributed by atoms with E-state index >= 15 is 0 Å². The molecule has 0 unspecified atom stereocenters. The van der Waals surface area contributed by atoms with E-state index in [1.165, 1.54) is 19.5 Å². The van der Waals surface area contributed by atoms with Crippen molar-refractivity contribution in [2.24, 2.45) is 0 Å². The van der Waals surface area contributed by atoms with E-state index in [9.17, 15) is 4.79 Å². The summed E-state index contributed by atoms with van der Waals surface area (Å²) >= 11 is 0. The molecule has 7 heteroatoms. The molecule has 0 aliphatic rings. The van der Waals surface area contributed by atoms with E-state index in [2.05, 4.69) is 22.6 Å². The predicted molar refractivity (Wildman–Crippen MR) is 101 cm³/mol. The minimum absolute atomic E-state index is 0.159. The van der Waals surface area contributed by atoms with Crippen molar-refractivity contribution in [3.05, 3.63) is 78.6 Å². The number of nitrogens with zero attached hydrogens (tertiary/aromatic N) is 3. The quantitative estimate of drug-likeness (QED) is 0.474. The molecular formula is C21H15N3O4. The topological polar surface area (TPSA) is 94.3 Å². The van der Waals surface area contributed by atoms with Gasteiger partial charge in [-0.3, -0.25) is 0 Å². The summed E-state index contributed by atoms with van der Waals surface area (Å²) in [4.78, 5) is 19.9. The molecule has 1 heterocycles. The van der Waals surface area contributed by atoms with Gasteiger partial charge >= 0.3 is 5.97 Å². The van der Waals surface area contributed by atoms with Crippen LogP contribution in [0.1, 0.15) is 11.1 Å². The first kappa shape index (κ1) is 18.6. The number of methoxy groups -OCH3 is 1. The molecule has 0 saturated carbocycles. The van der Waals surface area contributed by atoms with Crippen molar-refractivity contribution in [3.8, 4) is 29.3 Å². The van der Waals surface area contributed by atoms with Crippen molar-refractivity contribution in [1.82, 2.24) is 9.97 Å². The van der Waals surface area contributed by atoms with Gasteiger partial charge in [-0.1, -0.05) is 36.9 Å². The first-order valence-corrected chi connectivity index (χ1v) is 8.16. The Morgan fingerprint density at radius 3 is 2.29 bits per heavy atom. The van der Waals surface area contributed by atoms with Gasteiger partial charge in [0.1, 0.15) is 23.9 Å². The Bertz CT molecular complexity index is 1070. The number of rotatable bonds is 6. The van der Waals surface area contributed by atoms with E-state index in [0.29, 0.717) is 22.6 Å². The van der Waals surface area contributed by atoms with Crippen LogP contribution in [-0.4, -0.2) is 23.0 Å². The van der Waals surface area contributed by atoms with Gasteiger partial charge < -0.3 is 14.2 Å². The number of hydrogen-bond acceptors (Lipinski definition) is 7. The third-order valence-corrected chi connectivity index (χ3v) is 3.70. The second-order valence-electron chi connectivity index (χ2n) is 5.47. The molecule has 0 aliphatic heterocycles. The summed E-state index contributed by atoms with van der Waals surface area (Å²) in [5.41, 5.74) is 1.01. The van der Waals surface area contributed by atoms with E-state index in [1.807, 2.05) is 0 Å². The summed E-state index contributed by atoms with van der Waals surface area (Å²) in [7, 11) is 1.28. The molecule has 3 aromatic rings. The molecule has 0 atom stereocenters. The van der Waals surface area contributed by atoms with Crippen LogP contribution in [0.25, 0.3) is 5.57 Å². The molecular weight excluding hydrogens is 358 g/mol. The van der Waals surface area contributed by atoms with E-state index in [1.54, 1.807) is 48.5 Å². The van der Waals surface area contributed by atoms with Gasteiger partial charge in [0.15, 0.2) is 0 Å². The molecule has 0 radical (unpaired) electrons. The molecule has 0 spiro atoms. The molecule has 0 aliphatic carbocycles. The zero-order chi connectivity index (χ0) is 19.9. The maximum absolute atomic E-state index is 11.8. The number of hydrogen-bond donors (Lipinski definition) is 0. The number of carbonyl (C=O) groups is 1. The lowest BCUT2D eigenvalue weighted by Gasteiger charge is -2.12. The first-order chi connectivity index (χ1) is 13.6. The number of carbonyl (C=O) groups excluding carboxylic acids is 1. The normalized spacial score (nSPS) is 9.86. The Labute approximate surface area is 161 Å². The van der Waals surface area contributed by atoms with Crippen LogP contribution in [0.4, 0.5) is 0 Å². The SMILES string of the molecule is C=C(C(=O)OC)c1ccccc1Oc1cc(Oc2ccccc2C#N)ncn1. The number of nitriles is 1. The molecule has 2 aromatic carbocycles. The first-order valence-electron chi connectivity index (χ1n) is 8.16. The lowest BCUT2D eigenvalue weighted by atomic mass is 10.1. The van der Waals surface area contributed by atoms with Crippen LogP contribution in [0.3, 0.4) is 0 Å². The zero-order valence-electron chi connectivity index (χ0n) is 15.0. The van der Waals surface area contributed by atoms with E-state index in [0.717, 1.165) is 0 Å². The van der Waals surface area contributed by atoms with Gasteiger partial charge in [0.05, 0.1) is 24.3 Å². The Hall–Kier alpha value is -4.18. The van der Waals surface area contributed by atoms with Crippen LogP contribution in [0.5, 0.6) is 23.3 Å². The fraction of sp³-hybridized carbons (Fsp3) is 0.0476. The Morgan fingerprint density at radius 2 is 1.61 bits per heavy atom. The van der Waals surface area contributed by atoms with Crippen LogP contribution in [-0.2, 0) is 9.53 Å². The van der Waals surface area contributed by atoms with Crippen LogP contribution >= 0.6 is 0 Å². The van der Waals surface area contributed by atoms with Crippen LogP contribution < -0.4 is 9.47 Å². The van der Waals surface area contributed by atoms with Crippen molar-refractivity contribution in [1.29, 1.82) is 5.26 Å². The predicted octanol–water partition coefficient (Wildman–Crippen LogP) is 4.12. The summed E-state index contributed by atoms with van der Waals surface area (Å²) < 4.78 is 16.2. The third-order valence-electron chi connectivity index (χ3n) is 3.70. The van der Waals surface area contributed by atoms with Gasteiger partial charge in [0.2, 0.25) is 11.8 Å². The number of aromatic nitrogens is 2. The van der Waals surface area contributed by atoms with Gasteiger partial charge in [-0.05, 0) is 18.2 Å². The minimum atomic E-state index is -0.559. The lowest BCUT2D eigenvalue weighted by molar-refractivity contribution is -0.133. The lowest BCUT2D eigenvalue weighted by Crippen LogP contribution is -2.04. The van der Waals surface area contributed by atoms with E-state index in [4.69, 9.17) is 19.5 Å². The van der Waals surface area contributed by atoms with Crippen molar-refractivity contribution < 1.29 is 19.0 Å². The fourth-order valence-electron chi connectivity index (χ4n) is 2.35. The maximum atomic E-state index is 11.8. The number of benzene rings is 2. The highest BCUT2D eigenvalue weighted by molar-refractivity contribution is 6.16. The molecule has 0 fully saturated rings. The van der Waals surface area contributed by atoms with Gasteiger partial charge in [0.25, 0.3) is 0 Å². The van der Waals surface area contributed by atoms with E-state index < -0.39 is 5.97 Å². The molecule has 28 heavy (non-hydrogen) atoms. The standard InChI is InChI=1S/C21H15N3O4/c1-14(21(25)26-2)16-8-4-6-10-18(16)28-20-11-19(23-13-24-20)27-17-9-5-3-7-15(17)12-22/h3-11,13H,1H2,2H3. The Balaban J connectivity index is 1.86. The van der Waals surface area contributed by atoms with Crippen LogP contribution in [0.2, 0.25) is 0 Å². The largest absolute Gasteiger partial charge is 0.465 e. The molecule has 3 rings (SSSR count). The average Bonchev–Trinajstić information content (AvgIpc) is 2.73. The van der Waals surface area contributed by atoms with Gasteiger partial charge in [0, 0.05) is 5.56 Å². The highest BCUT2D eigenvalue weighted by atomic mass is 16.5. The van der Waals surface area contributed by atoms with Crippen molar-refractivity contribution >= 4 is 11.5 Å². The van der Waals surface area contributed by atoms with Crippen LogP contribution in [0.15, 0.2) is 67.5 Å². The maximum Gasteiger partial charge on any atom is 0.337 e. The van der Waals surface area contributed by atoms with Crippen molar-refractivity contribution in [2.45, 2.75) is 0 Å². The highest BCUT2D eigenvalue weighted by Gasteiger charge is 2.15. The second-order valence-corrected chi connectivity index (χ2v) is 5.47. The zero-order valence-corrected chi connectivity index (χ0v) is 15.0. The number of esters is 1. The molecule has 138 valence electrons. The number of para-hydroxylation sites is 2. The Morgan fingerprint density at radius 1 is 1.00 bits per heavy atom. The highest BCUT2D eigenvalue weighted by Crippen LogP contribution is 2.31. The number of ether oxygens (including phenoxy) is 3. The molecule has 7 nitrogen and oxygen atoms in total. The van der Waals surface area contributed by atoms with E-state index in [-0.39, 0.29) is 17.3 Å². The average molecular weight is 373 g/mol. The van der Waals surface area contributed by atoms with Crippen molar-refractivity contribution in [3.63, 3.8) is 0 Å². The minimum Gasteiger partial charge on any atom is -0.465 e. The molecule has 0 bridgehead atoms. The summed E-state index contributed by atoms with van der Waals surface area (Å²) in [5, 5.41) is 9.16. The molecule has 0 amide bonds. The van der Waals surface area contributed by atoms with Gasteiger partial charge in [-0.2, -0.15) is 5.26 Å². The second kappa shape index (κ2) is 8.47. The molecule has 0 saturated heterocycles. The molecule has 1 aromatic heterocycles. The summed E-state index contributed by atoms with van der Waals surface area (Å²) in [5.74, 6) is 0.589. The van der Waals surface area contributed by atoms with Gasteiger partial charge in [-0.25, -0.2) is 14.8 Å². The third kappa shape index (κ3) is 4.14. The summed E-state index contributed by atoms with van der Waals surface area (Å²) in [6.45, 7) is 3.75. The Kier molecular flexibility index (Phi) is 5.63. The smallest absolute Gasteiger partial charge is 0.337 e. The monoisotopic (exact) mass is 373 g/mol. The summed E-state index contributed by atoms with van der Waals surface area (Å²) in [6.07, 6.45) is 1.28. The van der Waals surface area contributed by atoms with Crippen molar-refractivity contribution in [2.75, 3.05) is 7.11 Å².